The lowest BCUT2D eigenvalue weighted by Gasteiger charge is -2.16. The summed E-state index contributed by atoms with van der Waals surface area (Å²) in [6.07, 6.45) is 2.39. The first-order chi connectivity index (χ1) is 6.56. The fraction of sp³-hybridized carbons (Fsp3) is 0.625. The van der Waals surface area contributed by atoms with Crippen LogP contribution in [-0.2, 0) is 0 Å². The van der Waals surface area contributed by atoms with E-state index in [4.69, 9.17) is 22.3 Å². The van der Waals surface area contributed by atoms with Gasteiger partial charge < -0.3 is 22.1 Å². The summed E-state index contributed by atoms with van der Waals surface area (Å²) >= 11 is 0. The molecule has 14 heavy (non-hydrogen) atoms. The highest BCUT2D eigenvalue weighted by Crippen LogP contribution is 1.99. The van der Waals surface area contributed by atoms with Crippen LogP contribution in [-0.4, -0.2) is 24.5 Å². The second kappa shape index (κ2) is 6.99. The third-order valence-corrected chi connectivity index (χ3v) is 1.75. The molecule has 0 heterocycles. The van der Waals surface area contributed by atoms with Crippen molar-refractivity contribution < 1.29 is 0 Å². The van der Waals surface area contributed by atoms with Crippen LogP contribution >= 0.6 is 0 Å². The molecule has 0 saturated heterocycles. The van der Waals surface area contributed by atoms with Gasteiger partial charge in [0.15, 0.2) is 11.9 Å². The number of nitrogens with one attached hydrogen (secondary N) is 4. The number of guanidine groups is 2. The molecule has 0 aromatic carbocycles. The first kappa shape index (κ1) is 12.5. The molecule has 8 N–H and O–H groups in total. The first-order valence-electron chi connectivity index (χ1n) is 4.54. The number of hydrogen-bond donors (Lipinski definition) is 6. The van der Waals surface area contributed by atoms with Gasteiger partial charge in [0.2, 0.25) is 0 Å². The highest BCUT2D eigenvalue weighted by Gasteiger charge is 2.05. The van der Waals surface area contributed by atoms with E-state index in [1.165, 1.54) is 0 Å². The molecule has 0 bridgehead atoms. The van der Waals surface area contributed by atoms with E-state index in [0.717, 1.165) is 12.8 Å². The van der Waals surface area contributed by atoms with Crippen LogP contribution in [0.3, 0.4) is 0 Å². The molecular weight excluding hydrogens is 180 g/mol. The molecule has 0 spiro atoms. The summed E-state index contributed by atoms with van der Waals surface area (Å²) in [6, 6.07) is 0.126. The molecule has 0 rings (SSSR count). The van der Waals surface area contributed by atoms with Crippen molar-refractivity contribution in [3.05, 3.63) is 6.92 Å². The van der Waals surface area contributed by atoms with Crippen LogP contribution in [0, 0.1) is 17.7 Å². The quantitative estimate of drug-likeness (QED) is 0.193. The summed E-state index contributed by atoms with van der Waals surface area (Å²) < 4.78 is 0. The minimum absolute atomic E-state index is 0.0179. The van der Waals surface area contributed by atoms with E-state index in [9.17, 15) is 0 Å². The molecule has 1 atom stereocenters. The zero-order valence-electron chi connectivity index (χ0n) is 8.27. The molecule has 6 nitrogen and oxygen atoms in total. The van der Waals surface area contributed by atoms with Crippen molar-refractivity contribution in [2.75, 3.05) is 6.54 Å². The fourth-order valence-electron chi connectivity index (χ4n) is 1.08. The van der Waals surface area contributed by atoms with Crippen LogP contribution in [0.5, 0.6) is 0 Å². The Hall–Kier alpha value is -1.46. The lowest BCUT2D eigenvalue weighted by atomic mass is 10.1. The molecule has 0 aliphatic carbocycles. The van der Waals surface area contributed by atoms with Crippen LogP contribution in [0.25, 0.3) is 0 Å². The topological polar surface area (TPSA) is 124 Å². The zero-order chi connectivity index (χ0) is 11.0. The van der Waals surface area contributed by atoms with Gasteiger partial charge in [0.1, 0.15) is 0 Å². The van der Waals surface area contributed by atoms with E-state index >= 15 is 0 Å². The van der Waals surface area contributed by atoms with Gasteiger partial charge in [-0.3, -0.25) is 10.8 Å². The Kier molecular flexibility index (Phi) is 6.26. The Bertz CT molecular complexity index is 190. The summed E-state index contributed by atoms with van der Waals surface area (Å²) in [7, 11) is 0. The van der Waals surface area contributed by atoms with Crippen molar-refractivity contribution in [3.63, 3.8) is 0 Å². The molecule has 0 aliphatic rings. The molecule has 0 saturated carbocycles. The molecule has 0 aromatic heterocycles. The van der Waals surface area contributed by atoms with Gasteiger partial charge in [-0.25, -0.2) is 0 Å². The maximum Gasteiger partial charge on any atom is 0.185 e. The summed E-state index contributed by atoms with van der Waals surface area (Å²) in [6.45, 7) is 4.41. The Morgan fingerprint density at radius 1 is 1.29 bits per heavy atom. The predicted octanol–water partition coefficient (Wildman–Crippen LogP) is -0.674. The third kappa shape index (κ3) is 7.20. The molecule has 1 radical (unpaired) electrons. The molecule has 0 amide bonds. The van der Waals surface area contributed by atoms with Gasteiger partial charge in [0, 0.05) is 12.6 Å². The molecule has 6 heteroatoms. The molecule has 0 aromatic rings. The number of hydrogen-bond acceptors (Lipinski definition) is 2. The molecule has 81 valence electrons. The lowest BCUT2D eigenvalue weighted by molar-refractivity contribution is 0.534. The van der Waals surface area contributed by atoms with Crippen LogP contribution in [0.15, 0.2) is 0 Å². The van der Waals surface area contributed by atoms with Gasteiger partial charge in [-0.15, -0.1) is 0 Å². The van der Waals surface area contributed by atoms with Crippen LogP contribution in [0.4, 0.5) is 0 Å². The fourth-order valence-corrected chi connectivity index (χ4v) is 1.08. The number of rotatable bonds is 6. The molecule has 1 unspecified atom stereocenters. The van der Waals surface area contributed by atoms with Crippen molar-refractivity contribution >= 4 is 11.9 Å². The highest BCUT2D eigenvalue weighted by atomic mass is 15.1. The van der Waals surface area contributed by atoms with Gasteiger partial charge in [-0.05, 0) is 19.3 Å². The Labute approximate surface area is 84.4 Å². The molecule has 0 aliphatic heterocycles. The van der Waals surface area contributed by atoms with Gasteiger partial charge >= 0.3 is 0 Å². The molecular formula is C8H19N6. The lowest BCUT2D eigenvalue weighted by Crippen LogP contribution is -2.39. The van der Waals surface area contributed by atoms with Crippen LogP contribution < -0.4 is 22.1 Å². The third-order valence-electron chi connectivity index (χ3n) is 1.75. The predicted molar refractivity (Wildman–Crippen MR) is 58.0 cm³/mol. The minimum Gasteiger partial charge on any atom is -0.370 e. The van der Waals surface area contributed by atoms with Gasteiger partial charge in [0.25, 0.3) is 0 Å². The average molecular weight is 199 g/mol. The Balaban J connectivity index is 3.52. The summed E-state index contributed by atoms with van der Waals surface area (Å²) in [5, 5.41) is 19.5. The monoisotopic (exact) mass is 199 g/mol. The molecule has 0 fully saturated rings. The second-order valence-corrected chi connectivity index (χ2v) is 3.03. The Morgan fingerprint density at radius 2 is 1.93 bits per heavy atom. The van der Waals surface area contributed by atoms with E-state index < -0.39 is 0 Å². The Morgan fingerprint density at radius 3 is 2.36 bits per heavy atom. The van der Waals surface area contributed by atoms with Crippen molar-refractivity contribution in [1.82, 2.24) is 10.6 Å². The maximum atomic E-state index is 7.05. The summed E-state index contributed by atoms with van der Waals surface area (Å²) in [5.41, 5.74) is 10.3. The normalized spacial score (nSPS) is 11.8. The summed E-state index contributed by atoms with van der Waals surface area (Å²) in [4.78, 5) is 0. The van der Waals surface area contributed by atoms with E-state index in [-0.39, 0.29) is 18.0 Å². The van der Waals surface area contributed by atoms with Crippen LogP contribution in [0.2, 0.25) is 0 Å². The standard InChI is InChI=1S/C8H19N6/c1-2-6(14-8(11)12)4-3-5-13-7(9)10/h6H,1-5H2,(H4,9,10,13)(H4,11,12,14). The maximum absolute atomic E-state index is 7.05. The minimum atomic E-state index is -0.0295. The number of nitrogens with two attached hydrogens (primary N) is 2. The van der Waals surface area contributed by atoms with Crippen LogP contribution in [0.1, 0.15) is 19.3 Å². The van der Waals surface area contributed by atoms with E-state index in [1.54, 1.807) is 0 Å². The smallest absolute Gasteiger partial charge is 0.185 e. The van der Waals surface area contributed by atoms with Gasteiger partial charge in [-0.2, -0.15) is 0 Å². The van der Waals surface area contributed by atoms with Crippen molar-refractivity contribution in [1.29, 1.82) is 10.8 Å². The van der Waals surface area contributed by atoms with Crippen molar-refractivity contribution in [3.8, 4) is 0 Å². The van der Waals surface area contributed by atoms with Crippen molar-refractivity contribution in [2.24, 2.45) is 11.5 Å². The first-order valence-corrected chi connectivity index (χ1v) is 4.54. The zero-order valence-corrected chi connectivity index (χ0v) is 8.27. The van der Waals surface area contributed by atoms with E-state index in [0.29, 0.717) is 13.0 Å². The van der Waals surface area contributed by atoms with Gasteiger partial charge in [-0.1, -0.05) is 6.92 Å². The average Bonchev–Trinajstić information content (AvgIpc) is 2.09. The summed E-state index contributed by atoms with van der Waals surface area (Å²) in [5.74, 6) is -0.0473. The SMILES string of the molecule is [CH2]CC(CCCNC(=N)N)NC(=N)N. The van der Waals surface area contributed by atoms with E-state index in [2.05, 4.69) is 17.6 Å². The van der Waals surface area contributed by atoms with E-state index in [1.807, 2.05) is 0 Å². The van der Waals surface area contributed by atoms with Crippen molar-refractivity contribution in [2.45, 2.75) is 25.3 Å². The largest absolute Gasteiger partial charge is 0.370 e. The second-order valence-electron chi connectivity index (χ2n) is 3.03. The highest BCUT2D eigenvalue weighted by molar-refractivity contribution is 5.74. The van der Waals surface area contributed by atoms with Gasteiger partial charge in [0.05, 0.1) is 0 Å².